The molecule has 0 radical (unpaired) electrons. The van der Waals surface area contributed by atoms with E-state index in [9.17, 15) is 4.79 Å². The second kappa shape index (κ2) is 10.3. The molecule has 3 heterocycles. The first-order valence-electron chi connectivity index (χ1n) is 11.7. The number of nitrogens with one attached hydrogen (secondary N) is 1. The average Bonchev–Trinajstić information content (AvgIpc) is 3.44. The van der Waals surface area contributed by atoms with Crippen LogP contribution in [0.4, 0.5) is 0 Å². The Balaban J connectivity index is 1.31. The summed E-state index contributed by atoms with van der Waals surface area (Å²) in [4.78, 5) is 22.1. The zero-order valence-corrected chi connectivity index (χ0v) is 20.6. The van der Waals surface area contributed by atoms with Crippen LogP contribution >= 0.6 is 11.8 Å². The summed E-state index contributed by atoms with van der Waals surface area (Å²) < 4.78 is 3.74. The molecule has 35 heavy (non-hydrogen) atoms. The number of para-hydroxylation sites is 1. The minimum Gasteiger partial charge on any atom is -0.355 e. The second-order valence-corrected chi connectivity index (χ2v) is 9.39. The van der Waals surface area contributed by atoms with E-state index in [-0.39, 0.29) is 11.7 Å². The Bertz CT molecular complexity index is 1480. The van der Waals surface area contributed by atoms with E-state index >= 15 is 0 Å². The lowest BCUT2D eigenvalue weighted by molar-refractivity contribution is -0.118. The van der Waals surface area contributed by atoms with Gasteiger partial charge >= 0.3 is 0 Å². The fraction of sp³-hybridized carbons (Fsp3) is 0.269. The summed E-state index contributed by atoms with van der Waals surface area (Å²) in [5.41, 5.74) is 4.92. The topological polar surface area (TPSA) is 90.0 Å². The molecule has 9 heteroatoms. The molecule has 1 N–H and O–H groups in total. The van der Waals surface area contributed by atoms with Gasteiger partial charge in [0.25, 0.3) is 0 Å². The van der Waals surface area contributed by atoms with Gasteiger partial charge < -0.3 is 5.32 Å². The third kappa shape index (κ3) is 5.35. The van der Waals surface area contributed by atoms with E-state index in [1.54, 1.807) is 4.52 Å². The average molecular weight is 486 g/mol. The van der Waals surface area contributed by atoms with E-state index in [1.807, 2.05) is 61.0 Å². The smallest absolute Gasteiger partial charge is 0.230 e. The van der Waals surface area contributed by atoms with Crippen LogP contribution in [0.5, 0.6) is 0 Å². The number of thioether (sulfide) groups is 1. The van der Waals surface area contributed by atoms with Crippen LogP contribution in [-0.2, 0) is 24.2 Å². The Morgan fingerprint density at radius 3 is 2.57 bits per heavy atom. The molecule has 0 saturated carbocycles. The van der Waals surface area contributed by atoms with Crippen molar-refractivity contribution in [2.75, 3.05) is 12.3 Å². The highest BCUT2D eigenvalue weighted by Crippen LogP contribution is 2.24. The monoisotopic (exact) mass is 485 g/mol. The van der Waals surface area contributed by atoms with Gasteiger partial charge in [0, 0.05) is 30.6 Å². The summed E-state index contributed by atoms with van der Waals surface area (Å²) >= 11 is 1.37. The third-order valence-corrected chi connectivity index (χ3v) is 6.68. The molecule has 5 rings (SSSR count). The normalized spacial score (nSPS) is 11.4. The van der Waals surface area contributed by atoms with Crippen molar-refractivity contribution in [1.29, 1.82) is 0 Å². The fourth-order valence-corrected chi connectivity index (χ4v) is 4.83. The van der Waals surface area contributed by atoms with Gasteiger partial charge in [0.2, 0.25) is 5.91 Å². The number of carbonyl (C=O) groups excluding carboxylic acids is 1. The molecule has 0 aliphatic heterocycles. The number of nitrogens with zero attached hydrogens (tertiary/aromatic N) is 6. The molecule has 178 valence electrons. The number of aryl methyl sites for hydroxylation is 4. The standard InChI is InChI=1S/C26H27N7OS/c1-18-16-19(2)32(30-18)15-13-23-29-25-21-10-6-7-11-22(21)28-26(33(25)31-23)35-17-24(34)27-14-12-20-8-4-3-5-9-20/h3-11,16H,12-15,17H2,1-2H3,(H,27,34). The zero-order valence-electron chi connectivity index (χ0n) is 19.8. The van der Waals surface area contributed by atoms with E-state index in [0.717, 1.165) is 40.2 Å². The van der Waals surface area contributed by atoms with Gasteiger partial charge in [0.05, 0.1) is 17.0 Å². The lowest BCUT2D eigenvalue weighted by Crippen LogP contribution is -2.27. The summed E-state index contributed by atoms with van der Waals surface area (Å²) in [6, 6.07) is 20.1. The van der Waals surface area contributed by atoms with Gasteiger partial charge in [-0.15, -0.1) is 5.10 Å². The van der Waals surface area contributed by atoms with Crippen LogP contribution in [0.2, 0.25) is 0 Å². The minimum atomic E-state index is -0.0288. The van der Waals surface area contributed by atoms with Crippen LogP contribution < -0.4 is 5.32 Å². The Kier molecular flexibility index (Phi) is 6.76. The molecule has 1 amide bonds. The van der Waals surface area contributed by atoms with Gasteiger partial charge in [0.15, 0.2) is 16.6 Å². The maximum Gasteiger partial charge on any atom is 0.230 e. The number of amides is 1. The first kappa shape index (κ1) is 23.0. The molecule has 0 aliphatic carbocycles. The number of benzene rings is 2. The van der Waals surface area contributed by atoms with Gasteiger partial charge in [-0.25, -0.2) is 9.97 Å². The third-order valence-electron chi connectivity index (χ3n) is 5.75. The van der Waals surface area contributed by atoms with Crippen molar-refractivity contribution in [2.45, 2.75) is 38.4 Å². The van der Waals surface area contributed by atoms with E-state index in [1.165, 1.54) is 17.3 Å². The lowest BCUT2D eigenvalue weighted by Gasteiger charge is -2.07. The van der Waals surface area contributed by atoms with Gasteiger partial charge in [-0.1, -0.05) is 54.2 Å². The van der Waals surface area contributed by atoms with Crippen molar-refractivity contribution >= 4 is 34.2 Å². The van der Waals surface area contributed by atoms with E-state index in [4.69, 9.17) is 15.1 Å². The van der Waals surface area contributed by atoms with E-state index in [0.29, 0.717) is 24.7 Å². The molecule has 0 saturated heterocycles. The van der Waals surface area contributed by atoms with Crippen molar-refractivity contribution in [3.63, 3.8) is 0 Å². The fourth-order valence-electron chi connectivity index (χ4n) is 4.05. The molecule has 0 unspecified atom stereocenters. The molecule has 0 aliphatic rings. The Hall–Kier alpha value is -3.72. The SMILES string of the molecule is Cc1cc(C)n(CCc2nc3c4ccccc4nc(SCC(=O)NCCc4ccccc4)n3n2)n1. The summed E-state index contributed by atoms with van der Waals surface area (Å²) in [6.07, 6.45) is 1.46. The maximum atomic E-state index is 12.5. The summed E-state index contributed by atoms with van der Waals surface area (Å²) in [5.74, 6) is 0.958. The van der Waals surface area contributed by atoms with Crippen molar-refractivity contribution in [2.24, 2.45) is 0 Å². The molecule has 2 aromatic carbocycles. The van der Waals surface area contributed by atoms with Crippen LogP contribution in [0.3, 0.4) is 0 Å². The Labute approximate surface area is 207 Å². The van der Waals surface area contributed by atoms with Crippen LogP contribution in [0.1, 0.15) is 22.8 Å². The summed E-state index contributed by atoms with van der Waals surface area (Å²) in [5, 5.41) is 13.9. The molecule has 0 bridgehead atoms. The lowest BCUT2D eigenvalue weighted by atomic mass is 10.1. The molecule has 0 fully saturated rings. The predicted octanol–water partition coefficient (Wildman–Crippen LogP) is 3.78. The van der Waals surface area contributed by atoms with Crippen LogP contribution in [0.25, 0.3) is 16.6 Å². The van der Waals surface area contributed by atoms with Crippen molar-refractivity contribution < 1.29 is 4.79 Å². The van der Waals surface area contributed by atoms with Gasteiger partial charge in [-0.2, -0.15) is 9.61 Å². The highest BCUT2D eigenvalue weighted by molar-refractivity contribution is 7.99. The van der Waals surface area contributed by atoms with Crippen LogP contribution in [0.15, 0.2) is 65.8 Å². The molecule has 8 nitrogen and oxygen atoms in total. The number of hydrogen-bond donors (Lipinski definition) is 1. The molecular weight excluding hydrogens is 458 g/mol. The number of rotatable bonds is 9. The number of fused-ring (bicyclic) bond motifs is 3. The number of aromatic nitrogens is 6. The summed E-state index contributed by atoms with van der Waals surface area (Å²) in [6.45, 7) is 5.35. The van der Waals surface area contributed by atoms with E-state index < -0.39 is 0 Å². The van der Waals surface area contributed by atoms with Crippen LogP contribution in [-0.4, -0.2) is 47.6 Å². The predicted molar refractivity (Wildman–Crippen MR) is 138 cm³/mol. The van der Waals surface area contributed by atoms with Crippen molar-refractivity contribution in [3.8, 4) is 0 Å². The zero-order chi connectivity index (χ0) is 24.2. The quantitative estimate of drug-likeness (QED) is 0.252. The first-order valence-corrected chi connectivity index (χ1v) is 12.6. The Morgan fingerprint density at radius 1 is 0.971 bits per heavy atom. The first-order chi connectivity index (χ1) is 17.1. The second-order valence-electron chi connectivity index (χ2n) is 8.45. The largest absolute Gasteiger partial charge is 0.355 e. The molecule has 0 atom stereocenters. The highest BCUT2D eigenvalue weighted by Gasteiger charge is 2.15. The molecule has 0 spiro atoms. The van der Waals surface area contributed by atoms with E-state index in [2.05, 4.69) is 28.6 Å². The van der Waals surface area contributed by atoms with Gasteiger partial charge in [-0.3, -0.25) is 9.48 Å². The molecule has 3 aromatic heterocycles. The van der Waals surface area contributed by atoms with Gasteiger partial charge in [-0.05, 0) is 44.0 Å². The van der Waals surface area contributed by atoms with Crippen molar-refractivity contribution in [1.82, 2.24) is 34.7 Å². The molecule has 5 aromatic rings. The van der Waals surface area contributed by atoms with Crippen LogP contribution in [0, 0.1) is 13.8 Å². The Morgan fingerprint density at radius 2 is 1.77 bits per heavy atom. The minimum absolute atomic E-state index is 0.0288. The molecular formula is C26H27N7OS. The number of carbonyl (C=O) groups is 1. The highest BCUT2D eigenvalue weighted by atomic mass is 32.2. The summed E-state index contributed by atoms with van der Waals surface area (Å²) in [7, 11) is 0. The van der Waals surface area contributed by atoms with Crippen molar-refractivity contribution in [3.05, 3.63) is 83.4 Å². The number of hydrogen-bond acceptors (Lipinski definition) is 6. The van der Waals surface area contributed by atoms with Gasteiger partial charge in [0.1, 0.15) is 0 Å². The maximum absolute atomic E-state index is 12.5.